The highest BCUT2D eigenvalue weighted by Gasteiger charge is 2.45. The SMILES string of the molecule is Cc1ccncc1NC(=O)NC1CCCC1(C)C(=O)O. The number of rotatable bonds is 3. The van der Waals surface area contributed by atoms with Crippen LogP contribution in [0, 0.1) is 12.3 Å². The number of carboxylic acid groups (broad SMARTS) is 1. The Balaban J connectivity index is 2.02. The zero-order chi connectivity index (χ0) is 14.8. The van der Waals surface area contributed by atoms with Crippen LogP contribution in [0.2, 0.25) is 0 Å². The number of pyridine rings is 1. The summed E-state index contributed by atoms with van der Waals surface area (Å²) in [5, 5.41) is 14.8. The van der Waals surface area contributed by atoms with Crippen molar-refractivity contribution in [2.24, 2.45) is 5.41 Å². The van der Waals surface area contributed by atoms with Crippen LogP contribution in [0.25, 0.3) is 0 Å². The van der Waals surface area contributed by atoms with Gasteiger partial charge in [-0.15, -0.1) is 0 Å². The number of carbonyl (C=O) groups is 2. The third-order valence-electron chi connectivity index (χ3n) is 4.04. The van der Waals surface area contributed by atoms with Crippen LogP contribution in [-0.4, -0.2) is 28.1 Å². The van der Waals surface area contributed by atoms with Crippen LogP contribution in [0.4, 0.5) is 10.5 Å². The predicted molar refractivity (Wildman–Crippen MR) is 74.5 cm³/mol. The highest BCUT2D eigenvalue weighted by atomic mass is 16.4. The number of hydrogen-bond donors (Lipinski definition) is 3. The maximum absolute atomic E-state index is 12.0. The van der Waals surface area contributed by atoms with E-state index in [2.05, 4.69) is 15.6 Å². The second-order valence-electron chi connectivity index (χ2n) is 5.46. The van der Waals surface area contributed by atoms with E-state index < -0.39 is 11.4 Å². The Morgan fingerprint density at radius 1 is 1.50 bits per heavy atom. The van der Waals surface area contributed by atoms with E-state index in [1.54, 1.807) is 25.4 Å². The summed E-state index contributed by atoms with van der Waals surface area (Å²) in [4.78, 5) is 27.3. The molecule has 0 bridgehead atoms. The van der Waals surface area contributed by atoms with E-state index in [4.69, 9.17) is 0 Å². The number of aliphatic carboxylic acids is 1. The third kappa shape index (κ3) is 2.74. The number of carbonyl (C=O) groups excluding carboxylic acids is 1. The lowest BCUT2D eigenvalue weighted by atomic mass is 9.85. The zero-order valence-corrected chi connectivity index (χ0v) is 11.6. The van der Waals surface area contributed by atoms with Crippen LogP contribution in [0.5, 0.6) is 0 Å². The highest BCUT2D eigenvalue weighted by molar-refractivity contribution is 5.90. The maximum Gasteiger partial charge on any atom is 0.319 e. The molecule has 20 heavy (non-hydrogen) atoms. The molecule has 0 aromatic carbocycles. The number of carboxylic acids is 1. The normalized spacial score (nSPS) is 25.2. The van der Waals surface area contributed by atoms with Crippen molar-refractivity contribution in [3.63, 3.8) is 0 Å². The van der Waals surface area contributed by atoms with Gasteiger partial charge in [-0.3, -0.25) is 9.78 Å². The molecule has 108 valence electrons. The summed E-state index contributed by atoms with van der Waals surface area (Å²) >= 11 is 0. The molecule has 2 rings (SSSR count). The molecular weight excluding hydrogens is 258 g/mol. The minimum Gasteiger partial charge on any atom is -0.481 e. The van der Waals surface area contributed by atoms with Crippen LogP contribution in [0.3, 0.4) is 0 Å². The summed E-state index contributed by atoms with van der Waals surface area (Å²) in [5.41, 5.74) is 0.643. The van der Waals surface area contributed by atoms with Crippen molar-refractivity contribution in [3.8, 4) is 0 Å². The summed E-state index contributed by atoms with van der Waals surface area (Å²) in [6, 6.07) is 1.06. The molecule has 6 heteroatoms. The summed E-state index contributed by atoms with van der Waals surface area (Å²) in [6.45, 7) is 3.55. The van der Waals surface area contributed by atoms with Gasteiger partial charge in [-0.2, -0.15) is 0 Å². The van der Waals surface area contributed by atoms with E-state index in [1.807, 2.05) is 6.92 Å². The topological polar surface area (TPSA) is 91.3 Å². The van der Waals surface area contributed by atoms with Gasteiger partial charge in [-0.25, -0.2) is 4.79 Å². The second kappa shape index (κ2) is 5.48. The Kier molecular flexibility index (Phi) is 3.92. The Morgan fingerprint density at radius 2 is 2.25 bits per heavy atom. The maximum atomic E-state index is 12.0. The van der Waals surface area contributed by atoms with Crippen molar-refractivity contribution in [1.29, 1.82) is 0 Å². The molecule has 1 aliphatic rings. The van der Waals surface area contributed by atoms with Gasteiger partial charge in [-0.05, 0) is 38.3 Å². The third-order valence-corrected chi connectivity index (χ3v) is 4.04. The standard InChI is InChI=1S/C14H19N3O3/c1-9-5-7-15-8-10(9)16-13(20)17-11-4-3-6-14(11,2)12(18)19/h5,7-8,11H,3-4,6H2,1-2H3,(H,18,19)(H2,16,17,20). The van der Waals surface area contributed by atoms with Gasteiger partial charge in [0.15, 0.2) is 0 Å². The van der Waals surface area contributed by atoms with Gasteiger partial charge < -0.3 is 15.7 Å². The molecule has 1 heterocycles. The molecule has 0 saturated heterocycles. The van der Waals surface area contributed by atoms with Gasteiger partial charge in [-0.1, -0.05) is 6.42 Å². The molecule has 0 radical (unpaired) electrons. The van der Waals surface area contributed by atoms with Crippen molar-refractivity contribution in [2.75, 3.05) is 5.32 Å². The number of nitrogens with one attached hydrogen (secondary N) is 2. The monoisotopic (exact) mass is 277 g/mol. The number of amides is 2. The molecule has 2 atom stereocenters. The first kappa shape index (κ1) is 14.3. The highest BCUT2D eigenvalue weighted by Crippen LogP contribution is 2.38. The molecule has 1 saturated carbocycles. The molecule has 1 aromatic heterocycles. The molecule has 1 aromatic rings. The molecule has 1 fully saturated rings. The molecule has 2 unspecified atom stereocenters. The zero-order valence-electron chi connectivity index (χ0n) is 11.6. The lowest BCUT2D eigenvalue weighted by molar-refractivity contribution is -0.148. The first-order valence-electron chi connectivity index (χ1n) is 6.65. The van der Waals surface area contributed by atoms with Crippen LogP contribution in [-0.2, 0) is 4.79 Å². The minimum absolute atomic E-state index is 0.350. The van der Waals surface area contributed by atoms with Crippen LogP contribution in [0.1, 0.15) is 31.7 Å². The number of anilines is 1. The van der Waals surface area contributed by atoms with Gasteiger partial charge in [0.05, 0.1) is 17.3 Å². The Labute approximate surface area is 117 Å². The molecule has 0 spiro atoms. The first-order valence-corrected chi connectivity index (χ1v) is 6.65. The van der Waals surface area contributed by atoms with E-state index >= 15 is 0 Å². The molecule has 3 N–H and O–H groups in total. The fourth-order valence-electron chi connectivity index (χ4n) is 2.57. The molecular formula is C14H19N3O3. The van der Waals surface area contributed by atoms with E-state index in [9.17, 15) is 14.7 Å². The van der Waals surface area contributed by atoms with Gasteiger partial charge >= 0.3 is 12.0 Å². The van der Waals surface area contributed by atoms with Gasteiger partial charge in [0.2, 0.25) is 0 Å². The van der Waals surface area contributed by atoms with Crippen LogP contribution < -0.4 is 10.6 Å². The molecule has 6 nitrogen and oxygen atoms in total. The number of aryl methyl sites for hydroxylation is 1. The largest absolute Gasteiger partial charge is 0.481 e. The Bertz CT molecular complexity index is 532. The average molecular weight is 277 g/mol. The van der Waals surface area contributed by atoms with E-state index in [0.29, 0.717) is 18.5 Å². The second-order valence-corrected chi connectivity index (χ2v) is 5.46. The quantitative estimate of drug-likeness (QED) is 0.789. The van der Waals surface area contributed by atoms with Crippen molar-refractivity contribution in [2.45, 2.75) is 39.2 Å². The van der Waals surface area contributed by atoms with E-state index in [1.165, 1.54) is 0 Å². The number of nitrogens with zero attached hydrogens (tertiary/aromatic N) is 1. The molecule has 0 aliphatic heterocycles. The molecule has 1 aliphatic carbocycles. The van der Waals surface area contributed by atoms with Crippen molar-refractivity contribution in [3.05, 3.63) is 24.0 Å². The van der Waals surface area contributed by atoms with Crippen LogP contribution >= 0.6 is 0 Å². The minimum atomic E-state index is -0.888. The summed E-state index contributed by atoms with van der Waals surface area (Å²) in [5.74, 6) is -0.863. The van der Waals surface area contributed by atoms with Crippen molar-refractivity contribution < 1.29 is 14.7 Å². The van der Waals surface area contributed by atoms with Crippen molar-refractivity contribution >= 4 is 17.7 Å². The number of urea groups is 1. The number of hydrogen-bond acceptors (Lipinski definition) is 3. The lowest BCUT2D eigenvalue weighted by Gasteiger charge is -2.27. The summed E-state index contributed by atoms with van der Waals surface area (Å²) in [7, 11) is 0. The van der Waals surface area contributed by atoms with Gasteiger partial charge in [0.25, 0.3) is 0 Å². The molecule has 2 amide bonds. The van der Waals surface area contributed by atoms with E-state index in [0.717, 1.165) is 12.0 Å². The van der Waals surface area contributed by atoms with Crippen LogP contribution in [0.15, 0.2) is 18.5 Å². The summed E-state index contributed by atoms with van der Waals surface area (Å²) in [6.07, 6.45) is 5.29. The Hall–Kier alpha value is -2.11. The Morgan fingerprint density at radius 3 is 2.90 bits per heavy atom. The summed E-state index contributed by atoms with van der Waals surface area (Å²) < 4.78 is 0. The smallest absolute Gasteiger partial charge is 0.319 e. The van der Waals surface area contributed by atoms with Gasteiger partial charge in [0.1, 0.15) is 0 Å². The lowest BCUT2D eigenvalue weighted by Crippen LogP contribution is -2.48. The first-order chi connectivity index (χ1) is 9.43. The van der Waals surface area contributed by atoms with Crippen molar-refractivity contribution in [1.82, 2.24) is 10.3 Å². The number of aromatic nitrogens is 1. The predicted octanol–water partition coefficient (Wildman–Crippen LogP) is 2.15. The fourth-order valence-corrected chi connectivity index (χ4v) is 2.57. The fraction of sp³-hybridized carbons (Fsp3) is 0.500. The average Bonchev–Trinajstić information content (AvgIpc) is 2.75. The van der Waals surface area contributed by atoms with Gasteiger partial charge in [0, 0.05) is 12.2 Å². The van der Waals surface area contributed by atoms with E-state index in [-0.39, 0.29) is 12.1 Å².